The molecule has 1 amide bonds. The van der Waals surface area contributed by atoms with Crippen molar-refractivity contribution < 1.29 is 4.79 Å². The highest BCUT2D eigenvalue weighted by atomic mass is 32.1. The first-order chi connectivity index (χ1) is 11.6. The number of aromatic nitrogens is 1. The third-order valence-corrected chi connectivity index (χ3v) is 5.40. The number of aryl methyl sites for hydroxylation is 2. The number of aliphatic imine (C=N–C) groups is 1. The molecule has 0 spiro atoms. The molecule has 1 heterocycles. The van der Waals surface area contributed by atoms with Crippen molar-refractivity contribution in [3.63, 3.8) is 0 Å². The number of carbonyl (C=O) groups is 1. The van der Waals surface area contributed by atoms with Gasteiger partial charge in [0.05, 0.1) is 17.2 Å². The van der Waals surface area contributed by atoms with Crippen molar-refractivity contribution in [2.24, 2.45) is 10.9 Å². The fraction of sp³-hybridized carbons (Fsp3) is 0.706. The second-order valence-corrected chi connectivity index (χ2v) is 7.59. The van der Waals surface area contributed by atoms with Crippen molar-refractivity contribution in [3.8, 4) is 0 Å². The third kappa shape index (κ3) is 6.11. The van der Waals surface area contributed by atoms with Gasteiger partial charge in [-0.15, -0.1) is 11.3 Å². The van der Waals surface area contributed by atoms with E-state index in [0.29, 0.717) is 32.0 Å². The molecule has 0 radical (unpaired) electrons. The van der Waals surface area contributed by atoms with Crippen LogP contribution in [0.1, 0.15) is 47.7 Å². The molecule has 0 unspecified atom stereocenters. The van der Waals surface area contributed by atoms with Crippen LogP contribution in [-0.4, -0.2) is 37.0 Å². The van der Waals surface area contributed by atoms with Crippen molar-refractivity contribution in [3.05, 3.63) is 15.6 Å². The fourth-order valence-corrected chi connectivity index (χ4v) is 3.93. The Morgan fingerprint density at radius 3 is 2.54 bits per heavy atom. The van der Waals surface area contributed by atoms with Gasteiger partial charge in [-0.05, 0) is 32.6 Å². The lowest BCUT2D eigenvalue weighted by atomic mass is 10.0. The Morgan fingerprint density at radius 2 is 1.92 bits per heavy atom. The van der Waals surface area contributed by atoms with Crippen LogP contribution in [0.15, 0.2) is 4.99 Å². The molecule has 1 aromatic rings. The van der Waals surface area contributed by atoms with Gasteiger partial charge >= 0.3 is 0 Å². The van der Waals surface area contributed by atoms with E-state index in [1.165, 1.54) is 30.6 Å². The first-order valence-electron chi connectivity index (χ1n) is 8.72. The van der Waals surface area contributed by atoms with E-state index in [9.17, 15) is 4.79 Å². The maximum atomic E-state index is 11.9. The van der Waals surface area contributed by atoms with Gasteiger partial charge in [0.1, 0.15) is 0 Å². The van der Waals surface area contributed by atoms with Gasteiger partial charge in [-0.25, -0.2) is 4.98 Å². The van der Waals surface area contributed by atoms with Gasteiger partial charge in [0.2, 0.25) is 5.91 Å². The van der Waals surface area contributed by atoms with Crippen LogP contribution in [0.25, 0.3) is 0 Å². The minimum Gasteiger partial charge on any atom is -0.355 e. The molecule has 0 bridgehead atoms. The van der Waals surface area contributed by atoms with Gasteiger partial charge in [0.25, 0.3) is 0 Å². The molecule has 1 aromatic heterocycles. The molecule has 1 fully saturated rings. The predicted molar refractivity (Wildman–Crippen MR) is 99.4 cm³/mol. The first kappa shape index (κ1) is 18.7. The second kappa shape index (κ2) is 9.61. The number of hydrogen-bond donors (Lipinski definition) is 3. The van der Waals surface area contributed by atoms with Crippen LogP contribution in [0.4, 0.5) is 0 Å². The summed E-state index contributed by atoms with van der Waals surface area (Å²) in [6.45, 7) is 6.03. The van der Waals surface area contributed by atoms with Crippen LogP contribution in [-0.2, 0) is 11.3 Å². The zero-order chi connectivity index (χ0) is 17.4. The smallest absolute Gasteiger partial charge is 0.220 e. The molecule has 2 rings (SSSR count). The lowest BCUT2D eigenvalue weighted by molar-refractivity contribution is -0.121. The maximum Gasteiger partial charge on any atom is 0.220 e. The predicted octanol–water partition coefficient (Wildman–Crippen LogP) is 2.12. The fourth-order valence-electron chi connectivity index (χ4n) is 3.05. The normalized spacial score (nSPS) is 15.5. The van der Waals surface area contributed by atoms with E-state index in [2.05, 4.69) is 25.9 Å². The highest BCUT2D eigenvalue weighted by Crippen LogP contribution is 2.27. The molecule has 0 aromatic carbocycles. The van der Waals surface area contributed by atoms with E-state index in [4.69, 9.17) is 0 Å². The summed E-state index contributed by atoms with van der Waals surface area (Å²) in [7, 11) is 1.75. The van der Waals surface area contributed by atoms with Crippen molar-refractivity contribution in [2.45, 2.75) is 52.5 Å². The Balaban J connectivity index is 1.61. The van der Waals surface area contributed by atoms with Crippen molar-refractivity contribution in [2.75, 3.05) is 20.1 Å². The minimum absolute atomic E-state index is 0.169. The van der Waals surface area contributed by atoms with E-state index in [0.717, 1.165) is 16.7 Å². The van der Waals surface area contributed by atoms with Crippen LogP contribution < -0.4 is 16.0 Å². The van der Waals surface area contributed by atoms with Crippen molar-refractivity contribution in [1.82, 2.24) is 20.9 Å². The molecular weight excluding hydrogens is 322 g/mol. The summed E-state index contributed by atoms with van der Waals surface area (Å²) in [4.78, 5) is 21.7. The number of guanidine groups is 1. The summed E-state index contributed by atoms with van der Waals surface area (Å²) in [5, 5.41) is 10.6. The summed E-state index contributed by atoms with van der Waals surface area (Å²) < 4.78 is 0. The Bertz CT molecular complexity index is 563. The molecule has 0 aliphatic heterocycles. The SMILES string of the molecule is CN=C(NCCNC(=O)CC1CCCC1)NCc1sc(C)nc1C. The topological polar surface area (TPSA) is 78.4 Å². The average molecular weight is 352 g/mol. The Kier molecular flexibility index (Phi) is 7.49. The van der Waals surface area contributed by atoms with Crippen molar-refractivity contribution >= 4 is 23.2 Å². The molecule has 1 aliphatic carbocycles. The Hall–Kier alpha value is -1.63. The Morgan fingerprint density at radius 1 is 1.21 bits per heavy atom. The summed E-state index contributed by atoms with van der Waals surface area (Å²) in [5.74, 6) is 1.51. The van der Waals surface area contributed by atoms with Crippen LogP contribution in [0.5, 0.6) is 0 Å². The monoisotopic (exact) mass is 351 g/mol. The summed E-state index contributed by atoms with van der Waals surface area (Å²) >= 11 is 1.70. The zero-order valence-corrected chi connectivity index (χ0v) is 15.8. The number of nitrogens with zero attached hydrogens (tertiary/aromatic N) is 2. The molecule has 0 saturated heterocycles. The summed E-state index contributed by atoms with van der Waals surface area (Å²) in [6, 6.07) is 0. The van der Waals surface area contributed by atoms with Gasteiger partial charge in [-0.1, -0.05) is 12.8 Å². The highest BCUT2D eigenvalue weighted by molar-refractivity contribution is 7.11. The van der Waals surface area contributed by atoms with Gasteiger partial charge in [0, 0.05) is 31.4 Å². The number of thiazole rings is 1. The molecular formula is C17H29N5OS. The van der Waals surface area contributed by atoms with Gasteiger partial charge < -0.3 is 16.0 Å². The number of carbonyl (C=O) groups excluding carboxylic acids is 1. The first-order valence-corrected chi connectivity index (χ1v) is 9.54. The number of hydrogen-bond acceptors (Lipinski definition) is 4. The van der Waals surface area contributed by atoms with Crippen LogP contribution in [0.3, 0.4) is 0 Å². The lowest BCUT2D eigenvalue weighted by Crippen LogP contribution is -2.41. The molecule has 7 heteroatoms. The number of amides is 1. The highest BCUT2D eigenvalue weighted by Gasteiger charge is 2.17. The molecule has 6 nitrogen and oxygen atoms in total. The van der Waals surface area contributed by atoms with E-state index in [-0.39, 0.29) is 5.91 Å². The minimum atomic E-state index is 0.169. The van der Waals surface area contributed by atoms with E-state index >= 15 is 0 Å². The van der Waals surface area contributed by atoms with Crippen LogP contribution in [0, 0.1) is 19.8 Å². The second-order valence-electron chi connectivity index (χ2n) is 6.30. The molecule has 134 valence electrons. The molecule has 24 heavy (non-hydrogen) atoms. The molecule has 1 aliphatic rings. The zero-order valence-electron chi connectivity index (χ0n) is 14.9. The number of nitrogens with one attached hydrogen (secondary N) is 3. The van der Waals surface area contributed by atoms with Gasteiger partial charge in [-0.2, -0.15) is 0 Å². The molecule has 0 atom stereocenters. The molecule has 3 N–H and O–H groups in total. The van der Waals surface area contributed by atoms with Crippen molar-refractivity contribution in [1.29, 1.82) is 0 Å². The van der Waals surface area contributed by atoms with Crippen LogP contribution in [0.2, 0.25) is 0 Å². The molecule has 1 saturated carbocycles. The average Bonchev–Trinajstić information content (AvgIpc) is 3.16. The standard InChI is InChI=1S/C17H29N5OS/c1-12-15(24-13(2)22-12)11-21-17(18-3)20-9-8-19-16(23)10-14-6-4-5-7-14/h14H,4-11H2,1-3H3,(H,19,23)(H2,18,20,21). The quantitative estimate of drug-likeness (QED) is 0.399. The van der Waals surface area contributed by atoms with E-state index in [1.54, 1.807) is 18.4 Å². The van der Waals surface area contributed by atoms with E-state index < -0.39 is 0 Å². The van der Waals surface area contributed by atoms with Crippen LogP contribution >= 0.6 is 11.3 Å². The largest absolute Gasteiger partial charge is 0.355 e. The van der Waals surface area contributed by atoms with E-state index in [1.807, 2.05) is 13.8 Å². The van der Waals surface area contributed by atoms with Gasteiger partial charge in [0.15, 0.2) is 5.96 Å². The Labute approximate surface area is 148 Å². The summed E-state index contributed by atoms with van der Waals surface area (Å²) in [6.07, 6.45) is 5.65. The third-order valence-electron chi connectivity index (χ3n) is 4.33. The summed E-state index contributed by atoms with van der Waals surface area (Å²) in [5.41, 5.74) is 1.07. The van der Waals surface area contributed by atoms with Gasteiger partial charge in [-0.3, -0.25) is 9.79 Å². The number of rotatable bonds is 7. The lowest BCUT2D eigenvalue weighted by Gasteiger charge is -2.13. The maximum absolute atomic E-state index is 11.9.